The molecule has 0 bridgehead atoms. The molecule has 2 heterocycles. The van der Waals surface area contributed by atoms with Gasteiger partial charge in [0, 0.05) is 25.2 Å². The molecule has 0 saturated carbocycles. The molecule has 308 valence electrons. The van der Waals surface area contributed by atoms with Crippen molar-refractivity contribution in [2.24, 2.45) is 0 Å². The van der Waals surface area contributed by atoms with Gasteiger partial charge in [-0.3, -0.25) is 20.2 Å². The van der Waals surface area contributed by atoms with Crippen LogP contribution in [0.5, 0.6) is 5.75 Å². The summed E-state index contributed by atoms with van der Waals surface area (Å²) in [6, 6.07) is 2.69. The van der Waals surface area contributed by atoms with E-state index in [-0.39, 0.29) is 43.2 Å². The molecule has 0 radical (unpaired) electrons. The SMILES string of the molecule is CC(C)(C)OC(=O)N1CCCC1CO.CC(C)(C)OC(=O)N1CCCC1COc1ccc(C(F)(F)F)cc1[N+](=O)[O-].O=[N+]([O-])c1cc(C(F)(F)F)ccc1F. The third-order valence-electron chi connectivity index (χ3n) is 7.61. The number of halogens is 7. The number of benzene rings is 2. The van der Waals surface area contributed by atoms with Crippen LogP contribution in [0.4, 0.5) is 51.7 Å². The minimum atomic E-state index is -4.71. The number of likely N-dealkylation sites (tertiary alicyclic amines) is 2. The first-order valence-electron chi connectivity index (χ1n) is 16.7. The van der Waals surface area contributed by atoms with Crippen molar-refractivity contribution in [2.75, 3.05) is 26.3 Å². The fourth-order valence-corrected chi connectivity index (χ4v) is 5.13. The van der Waals surface area contributed by atoms with E-state index in [2.05, 4.69) is 0 Å². The minimum absolute atomic E-state index is 0.0270. The van der Waals surface area contributed by atoms with E-state index in [4.69, 9.17) is 19.3 Å². The zero-order valence-corrected chi connectivity index (χ0v) is 30.8. The van der Waals surface area contributed by atoms with Gasteiger partial charge in [-0.25, -0.2) is 9.59 Å². The van der Waals surface area contributed by atoms with Crippen molar-refractivity contribution in [3.63, 3.8) is 0 Å². The van der Waals surface area contributed by atoms with Crippen LogP contribution in [0, 0.1) is 26.0 Å². The second-order valence-corrected chi connectivity index (χ2v) is 14.3. The summed E-state index contributed by atoms with van der Waals surface area (Å²) in [6.07, 6.45) is -7.10. The Kier molecular flexibility index (Phi) is 15.6. The molecule has 2 atom stereocenters. The molecule has 55 heavy (non-hydrogen) atoms. The molecule has 2 aromatic carbocycles. The predicted molar refractivity (Wildman–Crippen MR) is 181 cm³/mol. The van der Waals surface area contributed by atoms with Crippen LogP contribution in [-0.4, -0.2) is 86.5 Å². The van der Waals surface area contributed by atoms with E-state index in [9.17, 15) is 60.6 Å². The second kappa shape index (κ2) is 18.6. The van der Waals surface area contributed by atoms with E-state index in [1.807, 2.05) is 20.8 Å². The maximum Gasteiger partial charge on any atom is 0.416 e. The molecule has 2 aromatic rings. The third-order valence-corrected chi connectivity index (χ3v) is 7.61. The van der Waals surface area contributed by atoms with Gasteiger partial charge in [0.2, 0.25) is 5.82 Å². The Morgan fingerprint density at radius 2 is 1.16 bits per heavy atom. The van der Waals surface area contributed by atoms with Crippen LogP contribution in [0.3, 0.4) is 0 Å². The van der Waals surface area contributed by atoms with Gasteiger partial charge in [0.25, 0.3) is 0 Å². The lowest BCUT2D eigenvalue weighted by atomic mass is 10.2. The van der Waals surface area contributed by atoms with Crippen LogP contribution in [0.1, 0.15) is 78.4 Å². The summed E-state index contributed by atoms with van der Waals surface area (Å²) in [6.45, 7) is 11.8. The lowest BCUT2D eigenvalue weighted by Crippen LogP contribution is -2.42. The number of hydrogen-bond donors (Lipinski definition) is 1. The molecule has 2 aliphatic rings. The van der Waals surface area contributed by atoms with Gasteiger partial charge in [0.1, 0.15) is 17.8 Å². The lowest BCUT2D eigenvalue weighted by Gasteiger charge is -2.28. The number of carbonyl (C=O) groups excluding carboxylic acids is 2. The summed E-state index contributed by atoms with van der Waals surface area (Å²) < 4.78 is 103. The van der Waals surface area contributed by atoms with Crippen LogP contribution in [-0.2, 0) is 21.8 Å². The summed E-state index contributed by atoms with van der Waals surface area (Å²) in [4.78, 5) is 46.0. The topological polar surface area (TPSA) is 175 Å². The molecule has 2 amide bonds. The number of aliphatic hydroxyl groups is 1. The molecule has 14 nitrogen and oxygen atoms in total. The highest BCUT2D eigenvalue weighted by Crippen LogP contribution is 2.37. The molecule has 2 saturated heterocycles. The number of alkyl halides is 6. The number of aliphatic hydroxyl groups excluding tert-OH is 1. The van der Waals surface area contributed by atoms with Crippen molar-refractivity contribution in [3.8, 4) is 5.75 Å². The average molecular weight is 801 g/mol. The summed E-state index contributed by atoms with van der Waals surface area (Å²) in [5.74, 6) is -1.56. The smallest absolute Gasteiger partial charge is 0.416 e. The van der Waals surface area contributed by atoms with Crippen molar-refractivity contribution in [1.29, 1.82) is 0 Å². The Morgan fingerprint density at radius 3 is 1.58 bits per heavy atom. The first-order chi connectivity index (χ1) is 25.1. The van der Waals surface area contributed by atoms with Crippen LogP contribution in [0.25, 0.3) is 0 Å². The standard InChI is InChI=1S/C17H21F3N2O5.C10H19NO3.C7H3F4NO2/c1-16(2,3)27-15(23)21-8-4-5-12(21)10-26-14-7-6-11(17(18,19)20)9-13(14)22(24)25;1-10(2,3)14-9(13)11-6-4-5-8(11)7-12;8-5-2-1-4(7(9,10)11)3-6(5)12(13)14/h6-7,9,12H,4-5,8,10H2,1-3H3;8,12H,4-7H2,1-3H3;1-3H. The number of rotatable bonds is 6. The molecular weight excluding hydrogens is 757 g/mol. The van der Waals surface area contributed by atoms with Crippen molar-refractivity contribution >= 4 is 23.6 Å². The van der Waals surface area contributed by atoms with Crippen LogP contribution in [0.15, 0.2) is 36.4 Å². The number of nitrogens with zero attached hydrogens (tertiary/aromatic N) is 4. The minimum Gasteiger partial charge on any atom is -0.485 e. The number of nitro benzene ring substituents is 2. The van der Waals surface area contributed by atoms with Gasteiger partial charge in [0.05, 0.1) is 39.7 Å². The maximum atomic E-state index is 12.7. The fraction of sp³-hybridized carbons (Fsp3) is 0.588. The fourth-order valence-electron chi connectivity index (χ4n) is 5.13. The Labute approximate surface area is 311 Å². The molecule has 1 N–H and O–H groups in total. The summed E-state index contributed by atoms with van der Waals surface area (Å²) in [5, 5.41) is 30.2. The van der Waals surface area contributed by atoms with E-state index in [1.165, 1.54) is 4.90 Å². The highest BCUT2D eigenvalue weighted by Gasteiger charge is 2.36. The van der Waals surface area contributed by atoms with Gasteiger partial charge in [-0.2, -0.15) is 30.7 Å². The molecule has 2 aliphatic heterocycles. The van der Waals surface area contributed by atoms with Crippen molar-refractivity contribution < 1.29 is 69.5 Å². The molecule has 2 unspecified atom stereocenters. The van der Waals surface area contributed by atoms with Gasteiger partial charge >= 0.3 is 35.9 Å². The molecule has 21 heteroatoms. The van der Waals surface area contributed by atoms with Crippen LogP contribution < -0.4 is 4.74 Å². The normalized spacial score (nSPS) is 17.3. The quantitative estimate of drug-likeness (QED) is 0.169. The molecule has 0 aromatic heterocycles. The van der Waals surface area contributed by atoms with E-state index >= 15 is 0 Å². The molecule has 2 fully saturated rings. The number of hydrogen-bond acceptors (Lipinski definition) is 10. The van der Waals surface area contributed by atoms with E-state index in [0.29, 0.717) is 44.1 Å². The lowest BCUT2D eigenvalue weighted by molar-refractivity contribution is -0.387. The largest absolute Gasteiger partial charge is 0.485 e. The zero-order valence-electron chi connectivity index (χ0n) is 30.8. The van der Waals surface area contributed by atoms with Crippen molar-refractivity contribution in [2.45, 2.75) is 103 Å². The molecule has 0 aliphatic carbocycles. The second-order valence-electron chi connectivity index (χ2n) is 14.3. The molecule has 0 spiro atoms. The van der Waals surface area contributed by atoms with E-state index in [1.54, 1.807) is 25.7 Å². The Bertz CT molecular complexity index is 1660. The van der Waals surface area contributed by atoms with Crippen molar-refractivity contribution in [1.82, 2.24) is 9.80 Å². The first kappa shape index (κ1) is 46.2. The highest BCUT2D eigenvalue weighted by atomic mass is 19.4. The molecular formula is C34H43F7N4O10. The number of amides is 2. The third kappa shape index (κ3) is 14.7. The van der Waals surface area contributed by atoms with Crippen LogP contribution in [0.2, 0.25) is 0 Å². The van der Waals surface area contributed by atoms with Gasteiger partial charge in [0.15, 0.2) is 5.75 Å². The Morgan fingerprint density at radius 1 is 0.745 bits per heavy atom. The average Bonchev–Trinajstić information content (AvgIpc) is 3.72. The number of nitro groups is 2. The molecule has 4 rings (SSSR count). The summed E-state index contributed by atoms with van der Waals surface area (Å²) in [7, 11) is 0. The number of ether oxygens (including phenoxy) is 3. The maximum absolute atomic E-state index is 12.7. The van der Waals surface area contributed by atoms with Gasteiger partial charge in [-0.05, 0) is 91.5 Å². The van der Waals surface area contributed by atoms with Gasteiger partial charge in [-0.1, -0.05) is 0 Å². The summed E-state index contributed by atoms with van der Waals surface area (Å²) >= 11 is 0. The Balaban J connectivity index is 0.000000314. The van der Waals surface area contributed by atoms with Crippen LogP contribution >= 0.6 is 0 Å². The Hall–Kier alpha value is -4.95. The van der Waals surface area contributed by atoms with Crippen molar-refractivity contribution in [3.05, 3.63) is 73.6 Å². The van der Waals surface area contributed by atoms with E-state index in [0.717, 1.165) is 25.0 Å². The zero-order chi connectivity index (χ0) is 42.1. The first-order valence-corrected chi connectivity index (χ1v) is 16.7. The monoisotopic (exact) mass is 800 g/mol. The summed E-state index contributed by atoms with van der Waals surface area (Å²) in [5.41, 5.74) is -5.45. The van der Waals surface area contributed by atoms with Gasteiger partial charge in [-0.15, -0.1) is 0 Å². The predicted octanol–water partition coefficient (Wildman–Crippen LogP) is 8.52. The van der Waals surface area contributed by atoms with E-state index < -0.39 is 67.8 Å². The highest BCUT2D eigenvalue weighted by molar-refractivity contribution is 5.69. The van der Waals surface area contributed by atoms with Gasteiger partial charge < -0.3 is 29.1 Å². The number of carbonyl (C=O) groups is 2.